The summed E-state index contributed by atoms with van der Waals surface area (Å²) in [6.45, 7) is 6.49. The maximum absolute atomic E-state index is 11.4. The van der Waals surface area contributed by atoms with Gasteiger partial charge in [-0.1, -0.05) is 12.2 Å². The Morgan fingerprint density at radius 2 is 2.31 bits per heavy atom. The van der Waals surface area contributed by atoms with Crippen LogP contribution in [0, 0.1) is 5.92 Å². The van der Waals surface area contributed by atoms with Gasteiger partial charge in [0, 0.05) is 13.7 Å². The Morgan fingerprint density at radius 3 is 2.85 bits per heavy atom. The first-order valence-electron chi connectivity index (χ1n) is 4.65. The smallest absolute Gasteiger partial charge is 0.225 e. The molecule has 3 heteroatoms. The number of ether oxygens (including phenoxy) is 1. The van der Waals surface area contributed by atoms with Gasteiger partial charge in [-0.2, -0.15) is 0 Å². The summed E-state index contributed by atoms with van der Waals surface area (Å²) in [7, 11) is 1.66. The van der Waals surface area contributed by atoms with Crippen molar-refractivity contribution in [1.82, 2.24) is 5.32 Å². The third-order valence-electron chi connectivity index (χ3n) is 2.39. The van der Waals surface area contributed by atoms with Crippen molar-refractivity contribution in [2.75, 3.05) is 13.7 Å². The first-order chi connectivity index (χ1) is 6.16. The lowest BCUT2D eigenvalue weighted by molar-refractivity contribution is -0.131. The quantitative estimate of drug-likeness (QED) is 0.651. The van der Waals surface area contributed by atoms with Crippen LogP contribution in [0.4, 0.5) is 0 Å². The van der Waals surface area contributed by atoms with Crippen LogP contribution in [0.15, 0.2) is 12.2 Å². The first kappa shape index (κ1) is 10.3. The van der Waals surface area contributed by atoms with Crippen LogP contribution in [0.25, 0.3) is 0 Å². The predicted molar refractivity (Wildman–Crippen MR) is 51.3 cm³/mol. The van der Waals surface area contributed by atoms with E-state index in [1.54, 1.807) is 7.05 Å². The highest BCUT2D eigenvalue weighted by Crippen LogP contribution is 2.25. The topological polar surface area (TPSA) is 38.3 Å². The Balaban J connectivity index is 2.67. The van der Waals surface area contributed by atoms with Crippen LogP contribution in [0.3, 0.4) is 0 Å². The molecule has 1 fully saturated rings. The fourth-order valence-electron chi connectivity index (χ4n) is 1.72. The number of amides is 1. The van der Waals surface area contributed by atoms with Gasteiger partial charge in [-0.3, -0.25) is 4.79 Å². The molecule has 0 radical (unpaired) electrons. The fraction of sp³-hybridized carbons (Fsp3) is 0.700. The van der Waals surface area contributed by atoms with Gasteiger partial charge in [-0.25, -0.2) is 0 Å². The lowest BCUT2D eigenvalue weighted by atomic mass is 9.90. The summed E-state index contributed by atoms with van der Waals surface area (Å²) in [6.07, 6.45) is 1.77. The molecule has 1 N–H and O–H groups in total. The molecule has 0 aromatic heterocycles. The molecule has 0 aromatic carbocycles. The van der Waals surface area contributed by atoms with Gasteiger partial charge in [-0.15, -0.1) is 0 Å². The monoisotopic (exact) mass is 183 g/mol. The SMILES string of the molecule is C=C(C)[C@H]1OCCC[C@H]1C(=O)NC. The van der Waals surface area contributed by atoms with Gasteiger partial charge in [0.2, 0.25) is 5.91 Å². The third kappa shape index (κ3) is 2.31. The van der Waals surface area contributed by atoms with Crippen molar-refractivity contribution < 1.29 is 9.53 Å². The van der Waals surface area contributed by atoms with E-state index in [2.05, 4.69) is 11.9 Å². The van der Waals surface area contributed by atoms with Crippen molar-refractivity contribution in [2.24, 2.45) is 5.92 Å². The molecule has 0 bridgehead atoms. The van der Waals surface area contributed by atoms with E-state index in [1.165, 1.54) is 0 Å². The van der Waals surface area contributed by atoms with E-state index in [0.717, 1.165) is 25.0 Å². The van der Waals surface area contributed by atoms with E-state index in [-0.39, 0.29) is 17.9 Å². The molecule has 0 unspecified atom stereocenters. The second-order valence-electron chi connectivity index (χ2n) is 3.50. The Kier molecular flexibility index (Phi) is 3.48. The van der Waals surface area contributed by atoms with E-state index in [9.17, 15) is 4.79 Å². The maximum Gasteiger partial charge on any atom is 0.225 e. The molecule has 2 atom stereocenters. The third-order valence-corrected chi connectivity index (χ3v) is 2.39. The molecule has 0 aromatic rings. The van der Waals surface area contributed by atoms with Crippen LogP contribution in [0.2, 0.25) is 0 Å². The number of carbonyl (C=O) groups is 1. The van der Waals surface area contributed by atoms with E-state index in [0.29, 0.717) is 0 Å². The molecule has 0 aliphatic carbocycles. The minimum Gasteiger partial charge on any atom is -0.373 e. The average Bonchev–Trinajstić information content (AvgIpc) is 2.16. The summed E-state index contributed by atoms with van der Waals surface area (Å²) in [5, 5.41) is 2.66. The van der Waals surface area contributed by atoms with Crippen molar-refractivity contribution in [3.63, 3.8) is 0 Å². The highest BCUT2D eigenvalue weighted by atomic mass is 16.5. The van der Waals surface area contributed by atoms with E-state index < -0.39 is 0 Å². The Bertz CT molecular complexity index is 213. The molecule has 1 rings (SSSR count). The van der Waals surface area contributed by atoms with Gasteiger partial charge in [0.1, 0.15) is 0 Å². The molecule has 1 heterocycles. The molecular formula is C10H17NO2. The van der Waals surface area contributed by atoms with Gasteiger partial charge < -0.3 is 10.1 Å². The minimum absolute atomic E-state index is 0.0451. The van der Waals surface area contributed by atoms with Crippen molar-refractivity contribution in [1.29, 1.82) is 0 Å². The summed E-state index contributed by atoms with van der Waals surface area (Å²) < 4.78 is 5.51. The summed E-state index contributed by atoms with van der Waals surface area (Å²) >= 11 is 0. The van der Waals surface area contributed by atoms with Crippen LogP contribution < -0.4 is 5.32 Å². The summed E-state index contributed by atoms with van der Waals surface area (Å²) in [5.41, 5.74) is 0.938. The zero-order chi connectivity index (χ0) is 9.84. The zero-order valence-corrected chi connectivity index (χ0v) is 8.30. The molecule has 3 nitrogen and oxygen atoms in total. The molecule has 0 saturated carbocycles. The number of hydrogen-bond donors (Lipinski definition) is 1. The molecule has 13 heavy (non-hydrogen) atoms. The maximum atomic E-state index is 11.4. The Morgan fingerprint density at radius 1 is 1.62 bits per heavy atom. The normalized spacial score (nSPS) is 28.2. The van der Waals surface area contributed by atoms with Crippen molar-refractivity contribution in [3.8, 4) is 0 Å². The highest BCUT2D eigenvalue weighted by molar-refractivity contribution is 5.79. The van der Waals surface area contributed by atoms with Crippen LogP contribution in [-0.2, 0) is 9.53 Å². The average molecular weight is 183 g/mol. The largest absolute Gasteiger partial charge is 0.373 e. The fourth-order valence-corrected chi connectivity index (χ4v) is 1.72. The first-order valence-corrected chi connectivity index (χ1v) is 4.65. The van der Waals surface area contributed by atoms with Crippen molar-refractivity contribution >= 4 is 5.91 Å². The van der Waals surface area contributed by atoms with Gasteiger partial charge in [0.15, 0.2) is 0 Å². The van der Waals surface area contributed by atoms with E-state index in [1.807, 2.05) is 6.92 Å². The predicted octanol–water partition coefficient (Wildman–Crippen LogP) is 1.10. The standard InChI is InChI=1S/C10H17NO2/c1-7(2)9-8(10(12)11-3)5-4-6-13-9/h8-9H,1,4-6H2,2-3H3,(H,11,12)/t8-,9-/m1/s1. The Labute approximate surface area is 79.2 Å². The van der Waals surface area contributed by atoms with Crippen molar-refractivity contribution in [2.45, 2.75) is 25.9 Å². The van der Waals surface area contributed by atoms with E-state index in [4.69, 9.17) is 4.74 Å². The van der Waals surface area contributed by atoms with Gasteiger partial charge in [0.05, 0.1) is 12.0 Å². The van der Waals surface area contributed by atoms with Crippen LogP contribution in [0.5, 0.6) is 0 Å². The second-order valence-corrected chi connectivity index (χ2v) is 3.50. The van der Waals surface area contributed by atoms with Crippen LogP contribution in [0.1, 0.15) is 19.8 Å². The molecule has 1 saturated heterocycles. The van der Waals surface area contributed by atoms with E-state index >= 15 is 0 Å². The molecule has 1 aliphatic rings. The summed E-state index contributed by atoms with van der Waals surface area (Å²) in [6, 6.07) is 0. The number of rotatable bonds is 2. The van der Waals surface area contributed by atoms with Gasteiger partial charge >= 0.3 is 0 Å². The molecule has 1 amide bonds. The molecular weight excluding hydrogens is 166 g/mol. The lowest BCUT2D eigenvalue weighted by Gasteiger charge is -2.30. The summed E-state index contributed by atoms with van der Waals surface area (Å²) in [5.74, 6) is 0.0175. The minimum atomic E-state index is -0.0892. The second kappa shape index (κ2) is 4.42. The molecule has 74 valence electrons. The zero-order valence-electron chi connectivity index (χ0n) is 8.30. The molecule has 0 spiro atoms. The van der Waals surface area contributed by atoms with Gasteiger partial charge in [-0.05, 0) is 19.8 Å². The summed E-state index contributed by atoms with van der Waals surface area (Å²) in [4.78, 5) is 11.4. The molecule has 1 aliphatic heterocycles. The van der Waals surface area contributed by atoms with Crippen LogP contribution in [-0.4, -0.2) is 25.7 Å². The highest BCUT2D eigenvalue weighted by Gasteiger charge is 2.31. The Hall–Kier alpha value is -0.830. The number of carbonyl (C=O) groups excluding carboxylic acids is 1. The van der Waals surface area contributed by atoms with Gasteiger partial charge in [0.25, 0.3) is 0 Å². The van der Waals surface area contributed by atoms with Crippen molar-refractivity contribution in [3.05, 3.63) is 12.2 Å². The number of hydrogen-bond acceptors (Lipinski definition) is 2. The van der Waals surface area contributed by atoms with Crippen LogP contribution >= 0.6 is 0 Å². The lowest BCUT2D eigenvalue weighted by Crippen LogP contribution is -2.40. The number of nitrogens with one attached hydrogen (secondary N) is 1.